The summed E-state index contributed by atoms with van der Waals surface area (Å²) in [7, 11) is 0. The number of carbonyl (C=O) groups is 2. The van der Waals surface area contributed by atoms with E-state index < -0.39 is 17.5 Å². The monoisotopic (exact) mass is 501 g/mol. The van der Waals surface area contributed by atoms with Crippen molar-refractivity contribution in [1.29, 1.82) is 0 Å². The maximum atomic E-state index is 14.1. The molecular weight excluding hydrogens is 465 g/mol. The van der Waals surface area contributed by atoms with Gasteiger partial charge in [-0.15, -0.1) is 0 Å². The van der Waals surface area contributed by atoms with Gasteiger partial charge in [0.25, 0.3) is 5.91 Å². The third kappa shape index (κ3) is 7.05. The minimum Gasteiger partial charge on any atom is -0.451 e. The van der Waals surface area contributed by atoms with Crippen LogP contribution in [0.5, 0.6) is 11.5 Å². The summed E-state index contributed by atoms with van der Waals surface area (Å²) < 4.78 is 25.5. The summed E-state index contributed by atoms with van der Waals surface area (Å²) in [6.45, 7) is 13.5. The van der Waals surface area contributed by atoms with Gasteiger partial charge in [-0.25, -0.2) is 19.2 Å². The van der Waals surface area contributed by atoms with Gasteiger partial charge in [0.1, 0.15) is 23.5 Å². The minimum atomic E-state index is -0.553. The molecule has 1 aromatic carbocycles. The fourth-order valence-corrected chi connectivity index (χ4v) is 4.13. The zero-order valence-electron chi connectivity index (χ0n) is 21.9. The molecule has 1 aromatic heterocycles. The normalized spacial score (nSPS) is 15.7. The van der Waals surface area contributed by atoms with Crippen LogP contribution in [0.4, 0.5) is 15.0 Å². The van der Waals surface area contributed by atoms with Gasteiger partial charge in [0, 0.05) is 32.2 Å². The maximum Gasteiger partial charge on any atom is 0.407 e. The van der Waals surface area contributed by atoms with E-state index in [0.29, 0.717) is 37.7 Å². The molecule has 0 aliphatic carbocycles. The smallest absolute Gasteiger partial charge is 0.407 e. The molecule has 1 atom stereocenters. The zero-order valence-corrected chi connectivity index (χ0v) is 21.9. The van der Waals surface area contributed by atoms with Gasteiger partial charge in [-0.05, 0) is 72.1 Å². The van der Waals surface area contributed by atoms with Crippen molar-refractivity contribution in [3.8, 4) is 11.5 Å². The first-order valence-corrected chi connectivity index (χ1v) is 12.3. The van der Waals surface area contributed by atoms with Crippen molar-refractivity contribution in [2.24, 2.45) is 5.92 Å². The number of carbonyl (C=O) groups excluding carboxylic acids is 2. The van der Waals surface area contributed by atoms with Gasteiger partial charge >= 0.3 is 6.09 Å². The third-order valence-corrected chi connectivity index (χ3v) is 5.80. The van der Waals surface area contributed by atoms with E-state index in [-0.39, 0.29) is 29.2 Å². The Bertz CT molecular complexity index is 1070. The van der Waals surface area contributed by atoms with Gasteiger partial charge in [-0.1, -0.05) is 0 Å². The van der Waals surface area contributed by atoms with Crippen LogP contribution in [0.3, 0.4) is 0 Å². The molecular formula is C26H36FN5O4. The van der Waals surface area contributed by atoms with Crippen LogP contribution < -0.4 is 15.0 Å². The molecule has 1 aliphatic heterocycles. The van der Waals surface area contributed by atoms with Crippen molar-refractivity contribution >= 4 is 17.8 Å². The highest BCUT2D eigenvalue weighted by atomic mass is 19.1. The molecule has 2 amide bonds. The summed E-state index contributed by atoms with van der Waals surface area (Å²) in [5.74, 6) is 0.548. The van der Waals surface area contributed by atoms with Crippen LogP contribution in [-0.4, -0.2) is 64.7 Å². The second kappa shape index (κ2) is 11.5. The van der Waals surface area contributed by atoms with Crippen LogP contribution >= 0.6 is 0 Å². The van der Waals surface area contributed by atoms with E-state index in [9.17, 15) is 14.0 Å². The largest absolute Gasteiger partial charge is 0.451 e. The van der Waals surface area contributed by atoms with Gasteiger partial charge in [-0.3, -0.25) is 4.79 Å². The maximum absolute atomic E-state index is 14.1. The fraction of sp³-hybridized carbons (Fsp3) is 0.538. The lowest BCUT2D eigenvalue weighted by molar-refractivity contribution is 0.0520. The number of hydrogen-bond donors (Lipinski definition) is 1. The first-order chi connectivity index (χ1) is 17.0. The summed E-state index contributed by atoms with van der Waals surface area (Å²) >= 11 is 0. The number of anilines is 1. The van der Waals surface area contributed by atoms with Crippen molar-refractivity contribution in [3.63, 3.8) is 0 Å². The first-order valence-electron chi connectivity index (χ1n) is 12.3. The summed E-state index contributed by atoms with van der Waals surface area (Å²) in [6.07, 6.45) is 3.37. The minimum absolute atomic E-state index is 0.0509. The van der Waals surface area contributed by atoms with Crippen molar-refractivity contribution in [3.05, 3.63) is 42.1 Å². The summed E-state index contributed by atoms with van der Waals surface area (Å²) in [5.41, 5.74) is -0.413. The molecule has 0 saturated carbocycles. The standard InChI is InChI=1S/C26H36FN5O4/c1-7-32(17(2)3)24(33)20-12-19(27)8-9-21(20)35-22-14-28-16-30-23(22)31-11-10-18(15-31)13-29-25(34)36-26(4,5)6/h8-9,12,14,16-18H,7,10-11,13,15H2,1-6H3,(H,29,34). The molecule has 0 radical (unpaired) electrons. The highest BCUT2D eigenvalue weighted by Gasteiger charge is 2.28. The Labute approximate surface area is 212 Å². The fourth-order valence-electron chi connectivity index (χ4n) is 4.13. The predicted octanol–water partition coefficient (Wildman–Crippen LogP) is 4.63. The van der Waals surface area contributed by atoms with Crippen molar-refractivity contribution in [2.75, 3.05) is 31.1 Å². The van der Waals surface area contributed by atoms with E-state index in [1.165, 1.54) is 30.7 Å². The molecule has 2 heterocycles. The molecule has 3 rings (SSSR count). The molecule has 2 aromatic rings. The lowest BCUT2D eigenvalue weighted by atomic mass is 10.1. The third-order valence-electron chi connectivity index (χ3n) is 5.80. The van der Waals surface area contributed by atoms with E-state index in [0.717, 1.165) is 6.42 Å². The van der Waals surface area contributed by atoms with Gasteiger partial charge in [-0.2, -0.15) is 0 Å². The van der Waals surface area contributed by atoms with Gasteiger partial charge < -0.3 is 24.6 Å². The average molecular weight is 502 g/mol. The second-order valence-electron chi connectivity index (χ2n) is 10.1. The highest BCUT2D eigenvalue weighted by molar-refractivity contribution is 5.97. The molecule has 196 valence electrons. The Kier molecular flexibility index (Phi) is 8.70. The molecule has 9 nitrogen and oxygen atoms in total. The number of alkyl carbamates (subject to hydrolysis) is 1. The van der Waals surface area contributed by atoms with Crippen LogP contribution in [0, 0.1) is 11.7 Å². The number of benzene rings is 1. The molecule has 1 N–H and O–H groups in total. The summed E-state index contributed by atoms with van der Waals surface area (Å²) in [5, 5.41) is 2.83. The number of nitrogens with one attached hydrogen (secondary N) is 1. The quantitative estimate of drug-likeness (QED) is 0.563. The summed E-state index contributed by atoms with van der Waals surface area (Å²) in [4.78, 5) is 37.4. The molecule has 1 aliphatic rings. The SMILES string of the molecule is CCN(C(=O)c1cc(F)ccc1Oc1cncnc1N1CCC(CNC(=O)OC(C)(C)C)C1)C(C)C. The topological polar surface area (TPSA) is 96.9 Å². The van der Waals surface area contributed by atoms with Crippen molar-refractivity contribution in [1.82, 2.24) is 20.2 Å². The number of nitrogens with zero attached hydrogens (tertiary/aromatic N) is 4. The van der Waals surface area contributed by atoms with E-state index in [1.54, 1.807) is 4.90 Å². The molecule has 0 bridgehead atoms. The molecule has 36 heavy (non-hydrogen) atoms. The van der Waals surface area contributed by atoms with Gasteiger partial charge in [0.05, 0.1) is 11.8 Å². The lowest BCUT2D eigenvalue weighted by Gasteiger charge is -2.26. The Morgan fingerprint density at radius 2 is 2.03 bits per heavy atom. The molecule has 1 saturated heterocycles. The van der Waals surface area contributed by atoms with E-state index >= 15 is 0 Å². The number of hydrogen-bond acceptors (Lipinski definition) is 7. The Morgan fingerprint density at radius 3 is 2.69 bits per heavy atom. The first kappa shape index (κ1) is 27.2. The average Bonchev–Trinajstić information content (AvgIpc) is 3.27. The van der Waals surface area contributed by atoms with Crippen molar-refractivity contribution < 1.29 is 23.5 Å². The van der Waals surface area contributed by atoms with E-state index in [1.807, 2.05) is 41.5 Å². The zero-order chi connectivity index (χ0) is 26.5. The number of rotatable bonds is 8. The van der Waals surface area contributed by atoms with Crippen LogP contribution in [0.25, 0.3) is 0 Å². The Morgan fingerprint density at radius 1 is 1.28 bits per heavy atom. The summed E-state index contributed by atoms with van der Waals surface area (Å²) in [6, 6.07) is 3.85. The highest BCUT2D eigenvalue weighted by Crippen LogP contribution is 2.34. The van der Waals surface area contributed by atoms with Gasteiger partial charge in [0.2, 0.25) is 0 Å². The molecule has 1 unspecified atom stereocenters. The number of halogens is 1. The van der Waals surface area contributed by atoms with Crippen LogP contribution in [0.2, 0.25) is 0 Å². The van der Waals surface area contributed by atoms with Crippen molar-refractivity contribution in [2.45, 2.75) is 59.6 Å². The van der Waals surface area contributed by atoms with E-state index in [2.05, 4.69) is 20.2 Å². The van der Waals surface area contributed by atoms with E-state index in [4.69, 9.17) is 9.47 Å². The van der Waals surface area contributed by atoms with Crippen LogP contribution in [-0.2, 0) is 4.74 Å². The number of amides is 2. The molecule has 1 fully saturated rings. The molecule has 0 spiro atoms. The predicted molar refractivity (Wildman–Crippen MR) is 135 cm³/mol. The Balaban J connectivity index is 1.75. The Hall–Kier alpha value is -3.43. The number of ether oxygens (including phenoxy) is 2. The lowest BCUT2D eigenvalue weighted by Crippen LogP contribution is -2.36. The van der Waals surface area contributed by atoms with Crippen LogP contribution in [0.15, 0.2) is 30.7 Å². The van der Waals surface area contributed by atoms with Gasteiger partial charge in [0.15, 0.2) is 11.6 Å². The second-order valence-corrected chi connectivity index (χ2v) is 10.1. The molecule has 10 heteroatoms. The van der Waals surface area contributed by atoms with Crippen LogP contribution in [0.1, 0.15) is 58.3 Å². The number of aromatic nitrogens is 2.